The summed E-state index contributed by atoms with van der Waals surface area (Å²) < 4.78 is 0. The monoisotopic (exact) mass is 116 g/mol. The van der Waals surface area contributed by atoms with E-state index >= 15 is 0 Å². The van der Waals surface area contributed by atoms with E-state index < -0.39 is 0 Å². The Morgan fingerprint density at radius 2 is 2.00 bits per heavy atom. The predicted octanol–water partition coefficient (Wildman–Crippen LogP) is 0.285. The summed E-state index contributed by atoms with van der Waals surface area (Å²) in [7, 11) is 4.07. The Morgan fingerprint density at radius 1 is 1.50 bits per heavy atom. The van der Waals surface area contributed by atoms with Crippen molar-refractivity contribution in [2.24, 2.45) is 5.73 Å². The van der Waals surface area contributed by atoms with Gasteiger partial charge in [0.2, 0.25) is 0 Å². The second kappa shape index (κ2) is 3.87. The SMILES string of the molecule is CCC(N)CN(C)C. The van der Waals surface area contributed by atoms with Crippen LogP contribution >= 0.6 is 0 Å². The van der Waals surface area contributed by atoms with Crippen LogP contribution in [0.4, 0.5) is 0 Å². The molecule has 2 N–H and O–H groups in total. The van der Waals surface area contributed by atoms with E-state index in [0.29, 0.717) is 6.04 Å². The lowest BCUT2D eigenvalue weighted by Gasteiger charge is -2.13. The minimum atomic E-state index is 0.352. The smallest absolute Gasteiger partial charge is 0.0164 e. The van der Waals surface area contributed by atoms with Gasteiger partial charge in [-0.05, 0) is 20.5 Å². The van der Waals surface area contributed by atoms with Crippen LogP contribution in [0, 0.1) is 0 Å². The normalized spacial score (nSPS) is 14.6. The van der Waals surface area contributed by atoms with Gasteiger partial charge in [-0.3, -0.25) is 0 Å². The number of nitrogens with two attached hydrogens (primary N) is 1. The summed E-state index contributed by atoms with van der Waals surface area (Å²) in [5.41, 5.74) is 5.63. The molecule has 0 aliphatic carbocycles. The largest absolute Gasteiger partial charge is 0.327 e. The molecule has 0 radical (unpaired) electrons. The van der Waals surface area contributed by atoms with Gasteiger partial charge in [0.1, 0.15) is 0 Å². The highest BCUT2D eigenvalue weighted by atomic mass is 15.1. The highest BCUT2D eigenvalue weighted by molar-refractivity contribution is 4.59. The molecule has 0 aliphatic rings. The topological polar surface area (TPSA) is 29.3 Å². The Bertz CT molecular complexity index is 52.5. The summed E-state index contributed by atoms with van der Waals surface area (Å²) in [4.78, 5) is 2.11. The van der Waals surface area contributed by atoms with Crippen LogP contribution in [0.25, 0.3) is 0 Å². The molecule has 2 nitrogen and oxygen atoms in total. The zero-order valence-corrected chi connectivity index (χ0v) is 6.02. The Balaban J connectivity index is 3.10. The van der Waals surface area contributed by atoms with Gasteiger partial charge in [-0.25, -0.2) is 0 Å². The van der Waals surface area contributed by atoms with E-state index in [1.807, 2.05) is 14.1 Å². The fourth-order valence-corrected chi connectivity index (χ4v) is 0.598. The molecule has 8 heavy (non-hydrogen) atoms. The summed E-state index contributed by atoms with van der Waals surface area (Å²) in [6.07, 6.45) is 1.07. The number of nitrogens with zero attached hydrogens (tertiary/aromatic N) is 1. The van der Waals surface area contributed by atoms with Gasteiger partial charge < -0.3 is 10.6 Å². The average Bonchev–Trinajstić information content (AvgIpc) is 1.65. The molecular weight excluding hydrogens is 100 g/mol. The number of rotatable bonds is 3. The maximum atomic E-state index is 5.63. The Kier molecular flexibility index (Phi) is 3.83. The van der Waals surface area contributed by atoms with Gasteiger partial charge in [0.25, 0.3) is 0 Å². The molecule has 0 amide bonds. The van der Waals surface area contributed by atoms with E-state index in [-0.39, 0.29) is 0 Å². The van der Waals surface area contributed by atoms with E-state index in [4.69, 9.17) is 5.73 Å². The van der Waals surface area contributed by atoms with Crippen molar-refractivity contribution in [3.8, 4) is 0 Å². The summed E-state index contributed by atoms with van der Waals surface area (Å²) in [6, 6.07) is 0.352. The van der Waals surface area contributed by atoms with Crippen LogP contribution in [0.5, 0.6) is 0 Å². The number of hydrogen-bond acceptors (Lipinski definition) is 2. The third-order valence-corrected chi connectivity index (χ3v) is 1.12. The second-order valence-electron chi connectivity index (χ2n) is 2.43. The average molecular weight is 116 g/mol. The highest BCUT2D eigenvalue weighted by Crippen LogP contribution is 1.86. The molecule has 1 unspecified atom stereocenters. The van der Waals surface area contributed by atoms with Crippen LogP contribution in [-0.2, 0) is 0 Å². The van der Waals surface area contributed by atoms with Gasteiger partial charge in [0, 0.05) is 12.6 Å². The molecular formula is C6H16N2. The molecule has 0 bridgehead atoms. The van der Waals surface area contributed by atoms with Crippen LogP contribution < -0.4 is 5.73 Å². The molecule has 50 valence electrons. The Labute approximate surface area is 51.7 Å². The maximum absolute atomic E-state index is 5.63. The van der Waals surface area contributed by atoms with Gasteiger partial charge >= 0.3 is 0 Å². The molecule has 0 spiro atoms. The first-order valence-corrected chi connectivity index (χ1v) is 3.07. The van der Waals surface area contributed by atoms with Crippen molar-refractivity contribution in [1.29, 1.82) is 0 Å². The van der Waals surface area contributed by atoms with Crippen molar-refractivity contribution in [3.05, 3.63) is 0 Å². The minimum absolute atomic E-state index is 0.352. The van der Waals surface area contributed by atoms with Crippen molar-refractivity contribution in [3.63, 3.8) is 0 Å². The van der Waals surface area contributed by atoms with Crippen LogP contribution in [0.3, 0.4) is 0 Å². The van der Waals surface area contributed by atoms with Gasteiger partial charge in [-0.2, -0.15) is 0 Å². The highest BCUT2D eigenvalue weighted by Gasteiger charge is 1.97. The van der Waals surface area contributed by atoms with E-state index in [0.717, 1.165) is 13.0 Å². The summed E-state index contributed by atoms with van der Waals surface area (Å²) in [5.74, 6) is 0. The van der Waals surface area contributed by atoms with E-state index in [2.05, 4.69) is 11.8 Å². The number of hydrogen-bond donors (Lipinski definition) is 1. The van der Waals surface area contributed by atoms with Gasteiger partial charge in [0.05, 0.1) is 0 Å². The van der Waals surface area contributed by atoms with Crippen molar-refractivity contribution in [2.75, 3.05) is 20.6 Å². The molecule has 1 atom stereocenters. The zero-order valence-electron chi connectivity index (χ0n) is 6.02. The predicted molar refractivity (Wildman–Crippen MR) is 36.8 cm³/mol. The molecule has 0 aromatic heterocycles. The fraction of sp³-hybridized carbons (Fsp3) is 1.00. The van der Waals surface area contributed by atoms with Gasteiger partial charge in [-0.1, -0.05) is 6.92 Å². The van der Waals surface area contributed by atoms with Crippen LogP contribution in [0.15, 0.2) is 0 Å². The molecule has 2 heteroatoms. The molecule has 0 saturated heterocycles. The minimum Gasteiger partial charge on any atom is -0.327 e. The van der Waals surface area contributed by atoms with E-state index in [1.54, 1.807) is 0 Å². The molecule has 0 fully saturated rings. The Hall–Kier alpha value is -0.0800. The van der Waals surface area contributed by atoms with Crippen LogP contribution in [0.2, 0.25) is 0 Å². The van der Waals surface area contributed by atoms with E-state index in [1.165, 1.54) is 0 Å². The van der Waals surface area contributed by atoms with E-state index in [9.17, 15) is 0 Å². The molecule has 0 aliphatic heterocycles. The standard InChI is InChI=1S/C6H16N2/c1-4-6(7)5-8(2)3/h6H,4-5,7H2,1-3H3. The third kappa shape index (κ3) is 4.09. The molecule has 0 saturated carbocycles. The van der Waals surface area contributed by atoms with Crippen molar-refractivity contribution >= 4 is 0 Å². The molecule has 0 aromatic carbocycles. The van der Waals surface area contributed by atoms with Gasteiger partial charge in [0.15, 0.2) is 0 Å². The van der Waals surface area contributed by atoms with Crippen LogP contribution in [0.1, 0.15) is 13.3 Å². The summed E-state index contributed by atoms with van der Waals surface area (Å²) in [6.45, 7) is 3.10. The molecule has 0 aromatic rings. The van der Waals surface area contributed by atoms with Crippen molar-refractivity contribution < 1.29 is 0 Å². The first kappa shape index (κ1) is 7.92. The lowest BCUT2D eigenvalue weighted by Crippen LogP contribution is -2.32. The molecule has 0 rings (SSSR count). The quantitative estimate of drug-likeness (QED) is 0.574. The Morgan fingerprint density at radius 3 is 2.12 bits per heavy atom. The van der Waals surface area contributed by atoms with Crippen LogP contribution in [-0.4, -0.2) is 31.6 Å². The third-order valence-electron chi connectivity index (χ3n) is 1.12. The number of likely N-dealkylation sites (N-methyl/N-ethyl adjacent to an activating group) is 1. The zero-order chi connectivity index (χ0) is 6.57. The first-order valence-electron chi connectivity index (χ1n) is 3.07. The lowest BCUT2D eigenvalue weighted by molar-refractivity contribution is 0.368. The fourth-order valence-electron chi connectivity index (χ4n) is 0.598. The summed E-state index contributed by atoms with van der Waals surface area (Å²) >= 11 is 0. The maximum Gasteiger partial charge on any atom is 0.0164 e. The lowest BCUT2D eigenvalue weighted by atomic mass is 10.2. The summed E-state index contributed by atoms with van der Waals surface area (Å²) in [5, 5.41) is 0. The second-order valence-corrected chi connectivity index (χ2v) is 2.43. The first-order chi connectivity index (χ1) is 3.66. The van der Waals surface area contributed by atoms with Crippen molar-refractivity contribution in [2.45, 2.75) is 19.4 Å². The van der Waals surface area contributed by atoms with Crippen molar-refractivity contribution in [1.82, 2.24) is 4.90 Å². The molecule has 0 heterocycles. The van der Waals surface area contributed by atoms with Gasteiger partial charge in [-0.15, -0.1) is 0 Å².